The van der Waals surface area contributed by atoms with E-state index in [1.165, 1.54) is 11.3 Å². The fourth-order valence-electron chi connectivity index (χ4n) is 3.17. The van der Waals surface area contributed by atoms with Crippen LogP contribution in [0, 0.1) is 5.92 Å². The van der Waals surface area contributed by atoms with Gasteiger partial charge < -0.3 is 14.5 Å². The van der Waals surface area contributed by atoms with Gasteiger partial charge in [0, 0.05) is 25.2 Å². The predicted molar refractivity (Wildman–Crippen MR) is 108 cm³/mol. The molecule has 1 aliphatic heterocycles. The average molecular weight is 407 g/mol. The first-order valence-corrected chi connectivity index (χ1v) is 10.3. The summed E-state index contributed by atoms with van der Waals surface area (Å²) in [7, 11) is 1.79. The number of rotatable bonds is 6. The number of halogens is 1. The molecule has 1 aromatic heterocycles. The van der Waals surface area contributed by atoms with Crippen molar-refractivity contribution in [1.29, 1.82) is 0 Å². The molecule has 0 N–H and O–H groups in total. The standard InChI is InChI=1S/C20H23ClN2O3S/c1-22(11-12-26-17-8-6-16(21)7-9-17)19(24)15-4-2-10-23(14-15)20(25)18-5-3-13-27-18/h3,5-9,13,15H,2,4,10-12,14H2,1H3/t15-/m0/s1. The molecule has 0 spiro atoms. The fourth-order valence-corrected chi connectivity index (χ4v) is 3.99. The predicted octanol–water partition coefficient (Wildman–Crippen LogP) is 3.79. The molecule has 0 radical (unpaired) electrons. The van der Waals surface area contributed by atoms with Crippen LogP contribution in [0.3, 0.4) is 0 Å². The Hall–Kier alpha value is -2.05. The van der Waals surface area contributed by atoms with Crippen molar-refractivity contribution in [2.45, 2.75) is 12.8 Å². The third-order valence-electron chi connectivity index (χ3n) is 4.68. The Balaban J connectivity index is 1.48. The largest absolute Gasteiger partial charge is 0.492 e. The van der Waals surface area contributed by atoms with E-state index in [1.807, 2.05) is 17.5 Å². The lowest BCUT2D eigenvalue weighted by molar-refractivity contribution is -0.135. The zero-order chi connectivity index (χ0) is 19.2. The number of likely N-dealkylation sites (tertiary alicyclic amines) is 1. The summed E-state index contributed by atoms with van der Waals surface area (Å²) in [6.45, 7) is 2.10. The minimum Gasteiger partial charge on any atom is -0.492 e. The van der Waals surface area contributed by atoms with E-state index < -0.39 is 0 Å². The summed E-state index contributed by atoms with van der Waals surface area (Å²) in [6, 6.07) is 10.9. The number of benzene rings is 1. The summed E-state index contributed by atoms with van der Waals surface area (Å²) < 4.78 is 5.66. The minimum absolute atomic E-state index is 0.0243. The van der Waals surface area contributed by atoms with Crippen molar-refractivity contribution in [3.63, 3.8) is 0 Å². The molecule has 1 aromatic carbocycles. The highest BCUT2D eigenvalue weighted by atomic mass is 35.5. The van der Waals surface area contributed by atoms with Crippen LogP contribution in [0.5, 0.6) is 5.75 Å². The van der Waals surface area contributed by atoms with E-state index in [-0.39, 0.29) is 17.7 Å². The van der Waals surface area contributed by atoms with Crippen LogP contribution < -0.4 is 4.74 Å². The summed E-state index contributed by atoms with van der Waals surface area (Å²) in [4.78, 5) is 29.5. The molecule has 0 unspecified atom stereocenters. The number of carbonyl (C=O) groups excluding carboxylic acids is 2. The molecule has 1 atom stereocenters. The third kappa shape index (κ3) is 5.23. The van der Waals surface area contributed by atoms with Crippen LogP contribution in [0.25, 0.3) is 0 Å². The van der Waals surface area contributed by atoms with Crippen molar-refractivity contribution in [3.05, 3.63) is 51.7 Å². The quantitative estimate of drug-likeness (QED) is 0.733. The molecule has 0 saturated carbocycles. The van der Waals surface area contributed by atoms with Crippen LogP contribution in [0.1, 0.15) is 22.5 Å². The van der Waals surface area contributed by atoms with Crippen LogP contribution in [-0.2, 0) is 4.79 Å². The van der Waals surface area contributed by atoms with Crippen molar-refractivity contribution in [3.8, 4) is 5.75 Å². The first-order chi connectivity index (χ1) is 13.0. The van der Waals surface area contributed by atoms with Gasteiger partial charge in [0.25, 0.3) is 5.91 Å². The monoisotopic (exact) mass is 406 g/mol. The van der Waals surface area contributed by atoms with Crippen molar-refractivity contribution >= 4 is 34.8 Å². The van der Waals surface area contributed by atoms with Crippen LogP contribution in [0.15, 0.2) is 41.8 Å². The lowest BCUT2D eigenvalue weighted by Gasteiger charge is -2.33. The highest BCUT2D eigenvalue weighted by molar-refractivity contribution is 7.12. The Morgan fingerprint density at radius 2 is 2.07 bits per heavy atom. The van der Waals surface area contributed by atoms with E-state index in [0.717, 1.165) is 23.5 Å². The first-order valence-electron chi connectivity index (χ1n) is 9.00. The smallest absolute Gasteiger partial charge is 0.263 e. The SMILES string of the molecule is CN(CCOc1ccc(Cl)cc1)C(=O)[C@H]1CCCN(C(=O)c2cccs2)C1. The van der Waals surface area contributed by atoms with E-state index in [9.17, 15) is 9.59 Å². The van der Waals surface area contributed by atoms with Crippen LogP contribution >= 0.6 is 22.9 Å². The number of hydrogen-bond acceptors (Lipinski definition) is 4. The zero-order valence-corrected chi connectivity index (χ0v) is 16.8. The molecule has 27 heavy (non-hydrogen) atoms. The Labute approximate surface area is 168 Å². The van der Waals surface area contributed by atoms with Gasteiger partial charge >= 0.3 is 0 Å². The molecule has 1 saturated heterocycles. The number of amides is 2. The van der Waals surface area contributed by atoms with Crippen molar-refractivity contribution in [2.75, 3.05) is 33.3 Å². The number of piperidine rings is 1. The van der Waals surface area contributed by atoms with Crippen molar-refractivity contribution in [2.24, 2.45) is 5.92 Å². The number of thiophene rings is 1. The second-order valence-corrected chi connectivity index (χ2v) is 8.01. The molecule has 3 rings (SSSR count). The van der Waals surface area contributed by atoms with Gasteiger partial charge in [-0.2, -0.15) is 0 Å². The topological polar surface area (TPSA) is 49.9 Å². The van der Waals surface area contributed by atoms with Crippen molar-refractivity contribution in [1.82, 2.24) is 9.80 Å². The highest BCUT2D eigenvalue weighted by Crippen LogP contribution is 2.22. The Morgan fingerprint density at radius 1 is 1.30 bits per heavy atom. The van der Waals surface area contributed by atoms with Crippen LogP contribution in [0.2, 0.25) is 5.02 Å². The lowest BCUT2D eigenvalue weighted by atomic mass is 9.96. The van der Waals surface area contributed by atoms with E-state index in [2.05, 4.69) is 0 Å². The maximum absolute atomic E-state index is 12.8. The van der Waals surface area contributed by atoms with Crippen LogP contribution in [0.4, 0.5) is 0 Å². The summed E-state index contributed by atoms with van der Waals surface area (Å²) >= 11 is 7.29. The normalized spacial score (nSPS) is 16.8. The van der Waals surface area contributed by atoms with Gasteiger partial charge in [-0.15, -0.1) is 11.3 Å². The molecular formula is C20H23ClN2O3S. The van der Waals surface area contributed by atoms with Gasteiger partial charge in [0.15, 0.2) is 0 Å². The van der Waals surface area contributed by atoms with E-state index in [1.54, 1.807) is 41.1 Å². The molecule has 5 nitrogen and oxygen atoms in total. The fraction of sp³-hybridized carbons (Fsp3) is 0.400. The molecule has 2 heterocycles. The molecule has 2 amide bonds. The average Bonchev–Trinajstić information content (AvgIpc) is 3.23. The molecule has 0 aliphatic carbocycles. The number of likely N-dealkylation sites (N-methyl/N-ethyl adjacent to an activating group) is 1. The number of nitrogens with zero attached hydrogens (tertiary/aromatic N) is 2. The second kappa shape index (κ2) is 9.24. The van der Waals surface area contributed by atoms with Crippen LogP contribution in [-0.4, -0.2) is 54.9 Å². The number of carbonyl (C=O) groups is 2. The second-order valence-electron chi connectivity index (χ2n) is 6.63. The Bertz CT molecular complexity index is 764. The molecular weight excluding hydrogens is 384 g/mol. The molecule has 0 bridgehead atoms. The number of hydrogen-bond donors (Lipinski definition) is 0. The highest BCUT2D eigenvalue weighted by Gasteiger charge is 2.30. The summed E-state index contributed by atoms with van der Waals surface area (Å²) in [6.07, 6.45) is 1.66. The maximum Gasteiger partial charge on any atom is 0.263 e. The van der Waals surface area contributed by atoms with Gasteiger partial charge in [-0.3, -0.25) is 9.59 Å². The minimum atomic E-state index is -0.150. The molecule has 7 heteroatoms. The lowest BCUT2D eigenvalue weighted by Crippen LogP contribution is -2.46. The van der Waals surface area contributed by atoms with Gasteiger partial charge in [-0.05, 0) is 48.6 Å². The summed E-state index contributed by atoms with van der Waals surface area (Å²) in [5.74, 6) is 0.670. The Morgan fingerprint density at radius 3 is 2.78 bits per heavy atom. The molecule has 1 aliphatic rings. The Kier molecular flexibility index (Phi) is 6.74. The van der Waals surface area contributed by atoms with Gasteiger partial charge in [-0.1, -0.05) is 17.7 Å². The van der Waals surface area contributed by atoms with Gasteiger partial charge in [-0.25, -0.2) is 0 Å². The van der Waals surface area contributed by atoms with Gasteiger partial charge in [0.05, 0.1) is 17.3 Å². The van der Waals surface area contributed by atoms with E-state index >= 15 is 0 Å². The molecule has 1 fully saturated rings. The number of ether oxygens (including phenoxy) is 1. The van der Waals surface area contributed by atoms with Gasteiger partial charge in [0.2, 0.25) is 5.91 Å². The van der Waals surface area contributed by atoms with Gasteiger partial charge in [0.1, 0.15) is 12.4 Å². The third-order valence-corrected chi connectivity index (χ3v) is 5.78. The molecule has 2 aromatic rings. The summed E-state index contributed by atoms with van der Waals surface area (Å²) in [5, 5.41) is 2.56. The first kappa shape index (κ1) is 19.7. The zero-order valence-electron chi connectivity index (χ0n) is 15.3. The summed E-state index contributed by atoms with van der Waals surface area (Å²) in [5.41, 5.74) is 0. The van der Waals surface area contributed by atoms with Crippen molar-refractivity contribution < 1.29 is 14.3 Å². The maximum atomic E-state index is 12.8. The van der Waals surface area contributed by atoms with E-state index in [0.29, 0.717) is 31.3 Å². The molecule has 144 valence electrons. The van der Waals surface area contributed by atoms with E-state index in [4.69, 9.17) is 16.3 Å².